The van der Waals surface area contributed by atoms with E-state index in [1.807, 2.05) is 18.9 Å². The van der Waals surface area contributed by atoms with Gasteiger partial charge in [-0.05, 0) is 52.1 Å². The summed E-state index contributed by atoms with van der Waals surface area (Å²) in [5.41, 5.74) is 2.49. The van der Waals surface area contributed by atoms with Gasteiger partial charge in [-0.1, -0.05) is 0 Å². The van der Waals surface area contributed by atoms with E-state index >= 15 is 0 Å². The Morgan fingerprint density at radius 1 is 1.27 bits per heavy atom. The number of hydrogen-bond donors (Lipinski definition) is 2. The lowest BCUT2D eigenvalue weighted by Gasteiger charge is -2.34. The lowest BCUT2D eigenvalue weighted by atomic mass is 9.91. The van der Waals surface area contributed by atoms with E-state index in [9.17, 15) is 9.59 Å². The molecule has 7 nitrogen and oxygen atoms in total. The molecular formula is C18H26ClN5O2. The van der Waals surface area contributed by atoms with E-state index in [-0.39, 0.29) is 29.8 Å². The quantitative estimate of drug-likeness (QED) is 0.852. The van der Waals surface area contributed by atoms with Crippen molar-refractivity contribution in [1.29, 1.82) is 0 Å². The number of carbonyl (C=O) groups excluding carboxylic acids is 1. The van der Waals surface area contributed by atoms with Gasteiger partial charge in [0.2, 0.25) is 0 Å². The second-order valence-electron chi connectivity index (χ2n) is 7.30. The summed E-state index contributed by atoms with van der Waals surface area (Å²) in [6, 6.07) is 1.94. The molecule has 0 bridgehead atoms. The fourth-order valence-corrected chi connectivity index (χ4v) is 3.96. The predicted octanol–water partition coefficient (Wildman–Crippen LogP) is 1.84. The molecule has 1 aliphatic carbocycles. The molecule has 0 radical (unpaired) electrons. The Morgan fingerprint density at radius 2 is 1.96 bits per heavy atom. The van der Waals surface area contributed by atoms with Crippen molar-refractivity contribution in [2.24, 2.45) is 0 Å². The molecule has 2 aromatic rings. The molecule has 26 heavy (non-hydrogen) atoms. The third-order valence-corrected chi connectivity index (χ3v) is 5.74. The Balaban J connectivity index is 0.00000196. The molecule has 0 spiro atoms. The number of amides is 1. The van der Waals surface area contributed by atoms with Gasteiger partial charge in [0, 0.05) is 25.1 Å². The predicted molar refractivity (Wildman–Crippen MR) is 102 cm³/mol. The second kappa shape index (κ2) is 7.40. The maximum absolute atomic E-state index is 13.0. The first kappa shape index (κ1) is 18.9. The standard InChI is InChI=1S/C18H25N5O2.ClH/c1-11-16(18(25)22(2)13-4-3-5-13)17-20-15(24)10-14(23(17)21-11)12-6-8-19-9-7-12;/h10,12-13,19H,3-9H2,1-2H3,(H,20,24);1H. The smallest absolute Gasteiger partial charge is 0.259 e. The zero-order valence-corrected chi connectivity index (χ0v) is 16.1. The summed E-state index contributed by atoms with van der Waals surface area (Å²) in [5, 5.41) is 7.96. The minimum Gasteiger partial charge on any atom is -0.339 e. The van der Waals surface area contributed by atoms with Crippen LogP contribution in [0.4, 0.5) is 0 Å². The first-order chi connectivity index (χ1) is 12.1. The molecule has 0 unspecified atom stereocenters. The van der Waals surface area contributed by atoms with Crippen molar-refractivity contribution in [3.8, 4) is 0 Å². The zero-order chi connectivity index (χ0) is 17.6. The molecule has 3 heterocycles. The van der Waals surface area contributed by atoms with E-state index in [1.54, 1.807) is 10.6 Å². The number of fused-ring (bicyclic) bond motifs is 1. The van der Waals surface area contributed by atoms with Gasteiger partial charge in [-0.25, -0.2) is 4.52 Å². The van der Waals surface area contributed by atoms with E-state index in [1.165, 1.54) is 6.42 Å². The number of H-pyrrole nitrogens is 1. The number of aromatic amines is 1. The lowest BCUT2D eigenvalue weighted by Crippen LogP contribution is -2.41. The summed E-state index contributed by atoms with van der Waals surface area (Å²) in [6.45, 7) is 3.73. The van der Waals surface area contributed by atoms with Crippen LogP contribution in [0, 0.1) is 6.92 Å². The summed E-state index contributed by atoms with van der Waals surface area (Å²) in [4.78, 5) is 29.9. The maximum atomic E-state index is 13.0. The molecule has 2 aromatic heterocycles. The van der Waals surface area contributed by atoms with Gasteiger partial charge in [-0.2, -0.15) is 5.10 Å². The number of nitrogens with zero attached hydrogens (tertiary/aromatic N) is 3. The molecule has 8 heteroatoms. The van der Waals surface area contributed by atoms with Crippen LogP contribution in [0.5, 0.6) is 0 Å². The van der Waals surface area contributed by atoms with Crippen molar-refractivity contribution < 1.29 is 4.79 Å². The Bertz CT molecular complexity index is 864. The summed E-state index contributed by atoms with van der Waals surface area (Å²) in [6.07, 6.45) is 5.23. The monoisotopic (exact) mass is 379 g/mol. The van der Waals surface area contributed by atoms with Crippen LogP contribution in [0.2, 0.25) is 0 Å². The van der Waals surface area contributed by atoms with E-state index in [0.29, 0.717) is 22.9 Å². The molecule has 142 valence electrons. The van der Waals surface area contributed by atoms with Crippen molar-refractivity contribution in [3.63, 3.8) is 0 Å². The minimum atomic E-state index is -0.165. The van der Waals surface area contributed by atoms with Crippen LogP contribution in [0.15, 0.2) is 10.9 Å². The van der Waals surface area contributed by atoms with Crippen LogP contribution < -0.4 is 10.9 Å². The summed E-state index contributed by atoms with van der Waals surface area (Å²) in [5.74, 6) is 0.243. The third kappa shape index (κ3) is 3.14. The van der Waals surface area contributed by atoms with E-state index < -0.39 is 0 Å². The fraction of sp³-hybridized carbons (Fsp3) is 0.611. The Kier molecular flexibility index (Phi) is 5.39. The van der Waals surface area contributed by atoms with Gasteiger partial charge in [0.15, 0.2) is 0 Å². The van der Waals surface area contributed by atoms with Gasteiger partial charge < -0.3 is 15.2 Å². The SMILES string of the molecule is Cc1nn2c(C3CCNCC3)cc(=O)[nH]c2c1C(=O)N(C)C1CCC1.Cl. The van der Waals surface area contributed by atoms with Crippen LogP contribution in [0.3, 0.4) is 0 Å². The van der Waals surface area contributed by atoms with Gasteiger partial charge in [-0.15, -0.1) is 12.4 Å². The number of piperidine rings is 1. The highest BCUT2D eigenvalue weighted by molar-refractivity contribution is 6.01. The molecular weight excluding hydrogens is 354 g/mol. The van der Waals surface area contributed by atoms with Crippen molar-refractivity contribution in [3.05, 3.63) is 33.4 Å². The average Bonchev–Trinajstić information content (AvgIpc) is 2.88. The summed E-state index contributed by atoms with van der Waals surface area (Å²) in [7, 11) is 1.85. The number of nitrogens with one attached hydrogen (secondary N) is 2. The molecule has 1 amide bonds. The second-order valence-corrected chi connectivity index (χ2v) is 7.30. The molecule has 2 aliphatic rings. The highest BCUT2D eigenvalue weighted by Gasteiger charge is 2.30. The Morgan fingerprint density at radius 3 is 2.58 bits per heavy atom. The highest BCUT2D eigenvalue weighted by atomic mass is 35.5. The summed E-state index contributed by atoms with van der Waals surface area (Å²) >= 11 is 0. The van der Waals surface area contributed by atoms with Crippen LogP contribution in [-0.2, 0) is 0 Å². The first-order valence-electron chi connectivity index (χ1n) is 9.16. The molecule has 0 aromatic carbocycles. The van der Waals surface area contributed by atoms with E-state index in [0.717, 1.165) is 44.5 Å². The number of aromatic nitrogens is 3. The van der Waals surface area contributed by atoms with Crippen molar-refractivity contribution in [1.82, 2.24) is 24.8 Å². The van der Waals surface area contributed by atoms with Crippen molar-refractivity contribution >= 4 is 24.0 Å². The van der Waals surface area contributed by atoms with Gasteiger partial charge >= 0.3 is 0 Å². The van der Waals surface area contributed by atoms with Crippen molar-refractivity contribution in [2.75, 3.05) is 20.1 Å². The number of halogens is 1. The normalized spacial score (nSPS) is 18.4. The molecule has 2 fully saturated rings. The minimum absolute atomic E-state index is 0. The fourth-order valence-electron chi connectivity index (χ4n) is 3.96. The molecule has 4 rings (SSSR count). The van der Waals surface area contributed by atoms with Crippen molar-refractivity contribution in [2.45, 2.75) is 51.0 Å². The van der Waals surface area contributed by atoms with Crippen LogP contribution >= 0.6 is 12.4 Å². The van der Waals surface area contributed by atoms with Crippen LogP contribution in [0.25, 0.3) is 5.65 Å². The number of rotatable bonds is 3. The molecule has 1 saturated heterocycles. The number of carbonyl (C=O) groups is 1. The first-order valence-corrected chi connectivity index (χ1v) is 9.16. The average molecular weight is 380 g/mol. The zero-order valence-electron chi connectivity index (χ0n) is 15.2. The van der Waals surface area contributed by atoms with Gasteiger partial charge in [-0.3, -0.25) is 9.59 Å². The summed E-state index contributed by atoms with van der Waals surface area (Å²) < 4.78 is 1.79. The number of hydrogen-bond acceptors (Lipinski definition) is 4. The van der Waals surface area contributed by atoms with Crippen LogP contribution in [0.1, 0.15) is 59.8 Å². The maximum Gasteiger partial charge on any atom is 0.259 e. The highest BCUT2D eigenvalue weighted by Crippen LogP contribution is 2.28. The molecule has 1 aliphatic heterocycles. The molecule has 0 atom stereocenters. The van der Waals surface area contributed by atoms with Gasteiger partial charge in [0.05, 0.1) is 11.4 Å². The van der Waals surface area contributed by atoms with E-state index in [4.69, 9.17) is 0 Å². The van der Waals surface area contributed by atoms with Gasteiger partial charge in [0.25, 0.3) is 11.5 Å². The third-order valence-electron chi connectivity index (χ3n) is 5.74. The molecule has 1 saturated carbocycles. The lowest BCUT2D eigenvalue weighted by molar-refractivity contribution is 0.0653. The number of aryl methyl sites for hydroxylation is 1. The molecule has 2 N–H and O–H groups in total. The van der Waals surface area contributed by atoms with Gasteiger partial charge in [0.1, 0.15) is 11.2 Å². The topological polar surface area (TPSA) is 82.5 Å². The Labute approximate surface area is 158 Å². The largest absolute Gasteiger partial charge is 0.339 e. The Hall–Kier alpha value is -1.86. The van der Waals surface area contributed by atoms with Crippen LogP contribution in [-0.4, -0.2) is 51.6 Å². The van der Waals surface area contributed by atoms with E-state index in [2.05, 4.69) is 15.4 Å².